The fourth-order valence-corrected chi connectivity index (χ4v) is 2.60. The van der Waals surface area contributed by atoms with Crippen LogP contribution in [0.4, 0.5) is 5.69 Å². The van der Waals surface area contributed by atoms with E-state index in [0.717, 1.165) is 5.56 Å². The second-order valence-electron chi connectivity index (χ2n) is 5.66. The average molecular weight is 394 g/mol. The Morgan fingerprint density at radius 3 is 2.11 bits per heavy atom. The highest BCUT2D eigenvalue weighted by Gasteiger charge is 2.25. The van der Waals surface area contributed by atoms with Gasteiger partial charge in [0.2, 0.25) is 0 Å². The smallest absolute Gasteiger partial charge is 0.333 e. The van der Waals surface area contributed by atoms with E-state index >= 15 is 0 Å². The average Bonchev–Trinajstić information content (AvgIpc) is 2.65. The Morgan fingerprint density at radius 2 is 1.63 bits per heavy atom. The second-order valence-corrected chi connectivity index (χ2v) is 5.66. The van der Waals surface area contributed by atoms with E-state index in [1.54, 1.807) is 37.4 Å². The largest absolute Gasteiger partial charge is 0.493 e. The van der Waals surface area contributed by atoms with Gasteiger partial charge in [-0.3, -0.25) is 5.41 Å². The first-order chi connectivity index (χ1) is 12.4. The van der Waals surface area contributed by atoms with Gasteiger partial charge in [0, 0.05) is 11.3 Å². The van der Waals surface area contributed by atoms with E-state index < -0.39 is 12.0 Å². The standard InChI is InChI=1S/C19H23N3O4.ClH/c1-11-9-15(24-2)16(25-3)10-14(11)17(19(23)26-4)22-13-7-5-12(6-8-13)18(20)21;/h5-10,17,22H,1-4H3,(H3,20,21);1H. The number of amidine groups is 1. The highest BCUT2D eigenvalue weighted by Crippen LogP contribution is 2.34. The van der Waals surface area contributed by atoms with Crippen molar-refractivity contribution in [2.24, 2.45) is 5.73 Å². The zero-order valence-corrected chi connectivity index (χ0v) is 16.5. The Labute approximate surface area is 164 Å². The lowest BCUT2D eigenvalue weighted by Crippen LogP contribution is -2.23. The zero-order valence-electron chi connectivity index (χ0n) is 15.7. The molecule has 27 heavy (non-hydrogen) atoms. The molecular formula is C19H24ClN3O4. The third-order valence-electron chi connectivity index (χ3n) is 4.03. The summed E-state index contributed by atoms with van der Waals surface area (Å²) in [5, 5.41) is 10.6. The molecule has 4 N–H and O–H groups in total. The number of hydrogen-bond donors (Lipinski definition) is 3. The summed E-state index contributed by atoms with van der Waals surface area (Å²) in [5.74, 6) is 0.659. The number of aryl methyl sites for hydroxylation is 1. The van der Waals surface area contributed by atoms with Crippen LogP contribution in [-0.4, -0.2) is 33.1 Å². The third kappa shape index (κ3) is 5.04. The maximum Gasteiger partial charge on any atom is 0.333 e. The number of hydrogen-bond acceptors (Lipinski definition) is 6. The van der Waals surface area contributed by atoms with Crippen molar-refractivity contribution >= 4 is 29.9 Å². The molecule has 1 atom stereocenters. The van der Waals surface area contributed by atoms with Crippen LogP contribution < -0.4 is 20.5 Å². The second kappa shape index (κ2) is 9.68. The van der Waals surface area contributed by atoms with Crippen molar-refractivity contribution in [3.05, 3.63) is 53.1 Å². The number of esters is 1. The van der Waals surface area contributed by atoms with Gasteiger partial charge in [0.15, 0.2) is 17.5 Å². The molecule has 7 nitrogen and oxygen atoms in total. The van der Waals surface area contributed by atoms with Gasteiger partial charge in [-0.25, -0.2) is 4.79 Å². The Hall–Kier alpha value is -2.93. The van der Waals surface area contributed by atoms with Gasteiger partial charge in [-0.15, -0.1) is 12.4 Å². The number of nitrogens with one attached hydrogen (secondary N) is 2. The minimum atomic E-state index is -0.733. The molecule has 0 radical (unpaired) electrons. The van der Waals surface area contributed by atoms with Crippen LogP contribution in [0.3, 0.4) is 0 Å². The molecule has 0 bridgehead atoms. The van der Waals surface area contributed by atoms with Crippen molar-refractivity contribution in [2.75, 3.05) is 26.6 Å². The summed E-state index contributed by atoms with van der Waals surface area (Å²) < 4.78 is 15.6. The van der Waals surface area contributed by atoms with Crippen LogP contribution in [0.5, 0.6) is 11.5 Å². The van der Waals surface area contributed by atoms with Crippen LogP contribution >= 0.6 is 12.4 Å². The van der Waals surface area contributed by atoms with Gasteiger partial charge in [0.25, 0.3) is 0 Å². The maximum absolute atomic E-state index is 12.4. The van der Waals surface area contributed by atoms with Gasteiger partial charge in [0.1, 0.15) is 5.84 Å². The number of benzene rings is 2. The van der Waals surface area contributed by atoms with Gasteiger partial charge in [0.05, 0.1) is 21.3 Å². The normalized spacial score (nSPS) is 11.0. The Balaban J connectivity index is 0.00000364. The highest BCUT2D eigenvalue weighted by atomic mass is 35.5. The molecule has 0 saturated carbocycles. The monoisotopic (exact) mass is 393 g/mol. The molecule has 0 heterocycles. The topological polar surface area (TPSA) is 107 Å². The molecule has 2 rings (SSSR count). The van der Waals surface area contributed by atoms with Gasteiger partial charge in [-0.1, -0.05) is 0 Å². The third-order valence-corrected chi connectivity index (χ3v) is 4.03. The Bertz CT molecular complexity index is 809. The summed E-state index contributed by atoms with van der Waals surface area (Å²) in [4.78, 5) is 12.4. The molecule has 0 aliphatic carbocycles. The summed E-state index contributed by atoms with van der Waals surface area (Å²) in [6, 6.07) is 9.76. The number of rotatable bonds is 7. The van der Waals surface area contributed by atoms with Gasteiger partial charge in [-0.05, 0) is 54.4 Å². The number of halogens is 1. The van der Waals surface area contributed by atoms with E-state index in [-0.39, 0.29) is 18.2 Å². The number of ether oxygens (including phenoxy) is 3. The van der Waals surface area contributed by atoms with Crippen molar-refractivity contribution in [1.29, 1.82) is 5.41 Å². The van der Waals surface area contributed by atoms with E-state index in [2.05, 4.69) is 5.32 Å². The molecule has 0 aromatic heterocycles. The van der Waals surface area contributed by atoms with Crippen molar-refractivity contribution in [1.82, 2.24) is 0 Å². The lowest BCUT2D eigenvalue weighted by Gasteiger charge is -2.21. The molecule has 8 heteroatoms. The SMILES string of the molecule is COC(=O)C(Nc1ccc(C(=N)N)cc1)c1cc(OC)c(OC)cc1C.Cl. The van der Waals surface area contributed by atoms with E-state index in [1.165, 1.54) is 14.2 Å². The minimum absolute atomic E-state index is 0. The molecule has 0 saturated heterocycles. The van der Waals surface area contributed by atoms with E-state index in [4.69, 9.17) is 25.4 Å². The summed E-state index contributed by atoms with van der Waals surface area (Å²) in [7, 11) is 4.44. The quantitative estimate of drug-likeness (QED) is 0.379. The lowest BCUT2D eigenvalue weighted by molar-refractivity contribution is -0.141. The number of methoxy groups -OCH3 is 3. The molecular weight excluding hydrogens is 370 g/mol. The van der Waals surface area contributed by atoms with Crippen LogP contribution in [0.1, 0.15) is 22.7 Å². The van der Waals surface area contributed by atoms with Crippen LogP contribution in [0.25, 0.3) is 0 Å². The van der Waals surface area contributed by atoms with Gasteiger partial charge >= 0.3 is 5.97 Å². The number of nitrogen functional groups attached to an aromatic ring is 1. The fourth-order valence-electron chi connectivity index (χ4n) is 2.60. The zero-order chi connectivity index (χ0) is 19.3. The molecule has 2 aromatic carbocycles. The van der Waals surface area contributed by atoms with E-state index in [0.29, 0.717) is 28.3 Å². The maximum atomic E-state index is 12.4. The first-order valence-corrected chi connectivity index (χ1v) is 7.92. The van der Waals surface area contributed by atoms with Gasteiger partial charge in [-0.2, -0.15) is 0 Å². The first-order valence-electron chi connectivity index (χ1n) is 7.92. The fraction of sp³-hybridized carbons (Fsp3) is 0.263. The predicted molar refractivity (Wildman–Crippen MR) is 107 cm³/mol. The minimum Gasteiger partial charge on any atom is -0.493 e. The molecule has 0 aliphatic rings. The van der Waals surface area contributed by atoms with Crippen molar-refractivity contribution in [3.8, 4) is 11.5 Å². The number of anilines is 1. The predicted octanol–water partition coefficient (Wildman–Crippen LogP) is 3.04. The van der Waals surface area contributed by atoms with Crippen molar-refractivity contribution < 1.29 is 19.0 Å². The lowest BCUT2D eigenvalue weighted by atomic mass is 9.99. The Morgan fingerprint density at radius 1 is 1.07 bits per heavy atom. The van der Waals surface area contributed by atoms with Crippen LogP contribution in [0.15, 0.2) is 36.4 Å². The summed E-state index contributed by atoms with van der Waals surface area (Å²) >= 11 is 0. The van der Waals surface area contributed by atoms with Crippen molar-refractivity contribution in [2.45, 2.75) is 13.0 Å². The van der Waals surface area contributed by atoms with Crippen LogP contribution in [0.2, 0.25) is 0 Å². The molecule has 0 amide bonds. The summed E-state index contributed by atoms with van der Waals surface area (Å²) in [6.45, 7) is 1.88. The van der Waals surface area contributed by atoms with E-state index in [1.807, 2.05) is 13.0 Å². The summed E-state index contributed by atoms with van der Waals surface area (Å²) in [6.07, 6.45) is 0. The summed E-state index contributed by atoms with van der Waals surface area (Å²) in [5.41, 5.74) is 8.33. The molecule has 0 aliphatic heterocycles. The van der Waals surface area contributed by atoms with E-state index in [9.17, 15) is 4.79 Å². The molecule has 0 spiro atoms. The van der Waals surface area contributed by atoms with Crippen LogP contribution in [-0.2, 0) is 9.53 Å². The van der Waals surface area contributed by atoms with Crippen molar-refractivity contribution in [3.63, 3.8) is 0 Å². The number of carbonyl (C=O) groups is 1. The van der Waals surface area contributed by atoms with Gasteiger partial charge < -0.3 is 25.3 Å². The molecule has 0 fully saturated rings. The Kier molecular flexibility index (Phi) is 7.93. The molecule has 2 aromatic rings. The molecule has 146 valence electrons. The number of nitrogens with two attached hydrogens (primary N) is 1. The van der Waals surface area contributed by atoms with Crippen LogP contribution in [0, 0.1) is 12.3 Å². The highest BCUT2D eigenvalue weighted by molar-refractivity contribution is 5.95. The first kappa shape index (κ1) is 22.1. The number of carbonyl (C=O) groups excluding carboxylic acids is 1. The molecule has 1 unspecified atom stereocenters.